The predicted octanol–water partition coefficient (Wildman–Crippen LogP) is 2.72. The van der Waals surface area contributed by atoms with Gasteiger partial charge in [-0.25, -0.2) is 0 Å². The summed E-state index contributed by atoms with van der Waals surface area (Å²) >= 11 is 1.25. The minimum atomic E-state index is 0.129. The normalized spacial score (nSPS) is 9.15. The van der Waals surface area contributed by atoms with Crippen LogP contribution in [0.4, 0.5) is 0 Å². The summed E-state index contributed by atoms with van der Waals surface area (Å²) in [5.41, 5.74) is 0. The fourth-order valence-corrected chi connectivity index (χ4v) is 1.61. The Morgan fingerprint density at radius 1 is 1.38 bits per heavy atom. The van der Waals surface area contributed by atoms with Crippen molar-refractivity contribution in [1.82, 2.24) is 0 Å². The highest BCUT2D eigenvalue weighted by atomic mass is 32.2. The maximum atomic E-state index is 11.2. The van der Waals surface area contributed by atoms with E-state index >= 15 is 0 Å². The zero-order valence-corrected chi connectivity index (χ0v) is 8.01. The molecule has 0 bridgehead atoms. The molecule has 13 heavy (non-hydrogen) atoms. The van der Waals surface area contributed by atoms with E-state index < -0.39 is 0 Å². The number of carbonyl (C=O) groups excluding carboxylic acids is 1. The van der Waals surface area contributed by atoms with Crippen molar-refractivity contribution in [2.45, 2.75) is 17.7 Å². The summed E-state index contributed by atoms with van der Waals surface area (Å²) in [6.45, 7) is 0. The number of thioether (sulfide) groups is 1. The first-order valence-electron chi connectivity index (χ1n) is 4.02. The van der Waals surface area contributed by atoms with Gasteiger partial charge in [0.2, 0.25) is 0 Å². The summed E-state index contributed by atoms with van der Waals surface area (Å²) in [5.74, 6) is 2.45. The van der Waals surface area contributed by atoms with Crippen molar-refractivity contribution >= 4 is 16.9 Å². The lowest BCUT2D eigenvalue weighted by Crippen LogP contribution is -1.89. The van der Waals surface area contributed by atoms with Crippen LogP contribution in [0.3, 0.4) is 0 Å². The molecule has 1 aromatic carbocycles. The average molecular weight is 190 g/mol. The smallest absolute Gasteiger partial charge is 0.194 e. The van der Waals surface area contributed by atoms with Gasteiger partial charge in [0.05, 0.1) is 0 Å². The molecule has 0 aliphatic heterocycles. The molecule has 0 radical (unpaired) electrons. The maximum absolute atomic E-state index is 11.2. The van der Waals surface area contributed by atoms with E-state index in [-0.39, 0.29) is 5.12 Å². The molecule has 1 rings (SSSR count). The van der Waals surface area contributed by atoms with E-state index in [2.05, 4.69) is 5.92 Å². The van der Waals surface area contributed by atoms with E-state index in [9.17, 15) is 4.79 Å². The Morgan fingerprint density at radius 3 is 2.69 bits per heavy atom. The second-order valence-corrected chi connectivity index (χ2v) is 3.62. The van der Waals surface area contributed by atoms with Crippen molar-refractivity contribution in [2.75, 3.05) is 0 Å². The molecular weight excluding hydrogens is 180 g/mol. The van der Waals surface area contributed by atoms with E-state index in [0.29, 0.717) is 12.8 Å². The number of rotatable bonds is 3. The minimum Gasteiger partial charge on any atom is -0.287 e. The third-order valence-electron chi connectivity index (χ3n) is 1.45. The number of carbonyl (C=O) groups is 1. The van der Waals surface area contributed by atoms with Crippen LogP contribution in [0, 0.1) is 12.3 Å². The van der Waals surface area contributed by atoms with Gasteiger partial charge >= 0.3 is 0 Å². The molecule has 0 aromatic heterocycles. The van der Waals surface area contributed by atoms with Gasteiger partial charge in [0.25, 0.3) is 0 Å². The van der Waals surface area contributed by atoms with Crippen LogP contribution in [-0.2, 0) is 4.79 Å². The highest BCUT2D eigenvalue weighted by Crippen LogP contribution is 2.19. The highest BCUT2D eigenvalue weighted by molar-refractivity contribution is 8.13. The molecule has 1 nitrogen and oxygen atoms in total. The summed E-state index contributed by atoms with van der Waals surface area (Å²) in [5, 5.41) is 0.129. The lowest BCUT2D eigenvalue weighted by atomic mass is 10.3. The van der Waals surface area contributed by atoms with Crippen LogP contribution in [0.5, 0.6) is 0 Å². The molecule has 0 heterocycles. The molecule has 66 valence electrons. The van der Waals surface area contributed by atoms with E-state index in [0.717, 1.165) is 4.90 Å². The van der Waals surface area contributed by atoms with Gasteiger partial charge in [0.1, 0.15) is 0 Å². The van der Waals surface area contributed by atoms with Crippen LogP contribution in [0.15, 0.2) is 35.2 Å². The van der Waals surface area contributed by atoms with Gasteiger partial charge in [-0.05, 0) is 12.1 Å². The van der Waals surface area contributed by atoms with Crippen molar-refractivity contribution in [1.29, 1.82) is 0 Å². The fraction of sp³-hybridized carbons (Fsp3) is 0.182. The SMILES string of the molecule is C#CCCC(=O)Sc1ccccc1. The summed E-state index contributed by atoms with van der Waals surface area (Å²) in [6, 6.07) is 9.58. The molecular formula is C11H10OS. The fourth-order valence-electron chi connectivity index (χ4n) is 0.845. The molecule has 0 aliphatic rings. The molecule has 0 aliphatic carbocycles. The third-order valence-corrected chi connectivity index (χ3v) is 2.39. The largest absolute Gasteiger partial charge is 0.287 e. The quantitative estimate of drug-likeness (QED) is 0.538. The molecule has 0 spiro atoms. The zero-order chi connectivity index (χ0) is 9.52. The topological polar surface area (TPSA) is 17.1 Å². The molecule has 0 atom stereocenters. The van der Waals surface area contributed by atoms with Gasteiger partial charge in [-0.3, -0.25) is 4.79 Å². The first kappa shape index (κ1) is 9.88. The highest BCUT2D eigenvalue weighted by Gasteiger charge is 2.02. The summed E-state index contributed by atoms with van der Waals surface area (Å²) in [7, 11) is 0. The number of hydrogen-bond donors (Lipinski definition) is 0. The van der Waals surface area contributed by atoms with Crippen molar-refractivity contribution in [3.05, 3.63) is 30.3 Å². The minimum absolute atomic E-state index is 0.129. The Balaban J connectivity index is 2.42. The summed E-state index contributed by atoms with van der Waals surface area (Å²) in [4.78, 5) is 12.2. The van der Waals surface area contributed by atoms with Crippen molar-refractivity contribution in [2.24, 2.45) is 0 Å². The van der Waals surface area contributed by atoms with Crippen LogP contribution in [0.25, 0.3) is 0 Å². The Bertz CT molecular complexity index is 311. The zero-order valence-electron chi connectivity index (χ0n) is 7.19. The molecule has 0 saturated heterocycles. The van der Waals surface area contributed by atoms with E-state index in [1.165, 1.54) is 11.8 Å². The Kier molecular flexibility index (Phi) is 4.14. The lowest BCUT2D eigenvalue weighted by molar-refractivity contribution is -0.110. The van der Waals surface area contributed by atoms with Crippen molar-refractivity contribution < 1.29 is 4.79 Å². The molecule has 0 fully saturated rings. The van der Waals surface area contributed by atoms with Gasteiger partial charge in [0.15, 0.2) is 5.12 Å². The Hall–Kier alpha value is -1.20. The lowest BCUT2D eigenvalue weighted by Gasteiger charge is -1.97. The van der Waals surface area contributed by atoms with E-state index in [1.807, 2.05) is 30.3 Å². The molecule has 2 heteroatoms. The Morgan fingerprint density at radius 2 is 2.08 bits per heavy atom. The number of hydrogen-bond acceptors (Lipinski definition) is 2. The van der Waals surface area contributed by atoms with Crippen LogP contribution in [0.1, 0.15) is 12.8 Å². The monoisotopic (exact) mass is 190 g/mol. The average Bonchev–Trinajstić information content (AvgIpc) is 2.16. The van der Waals surface area contributed by atoms with Crippen LogP contribution in [0.2, 0.25) is 0 Å². The summed E-state index contributed by atoms with van der Waals surface area (Å²) < 4.78 is 0. The number of terminal acetylenes is 1. The van der Waals surface area contributed by atoms with E-state index in [1.54, 1.807) is 0 Å². The number of benzene rings is 1. The molecule has 0 amide bonds. The molecule has 1 aromatic rings. The predicted molar refractivity (Wildman–Crippen MR) is 55.4 cm³/mol. The first-order chi connectivity index (χ1) is 6.33. The van der Waals surface area contributed by atoms with Gasteiger partial charge in [-0.15, -0.1) is 12.3 Å². The molecule has 0 unspecified atom stereocenters. The van der Waals surface area contributed by atoms with Crippen molar-refractivity contribution in [3.63, 3.8) is 0 Å². The first-order valence-corrected chi connectivity index (χ1v) is 4.84. The second kappa shape index (κ2) is 5.45. The van der Waals surface area contributed by atoms with Crippen LogP contribution < -0.4 is 0 Å². The van der Waals surface area contributed by atoms with E-state index in [4.69, 9.17) is 6.42 Å². The van der Waals surface area contributed by atoms with Gasteiger partial charge < -0.3 is 0 Å². The summed E-state index contributed by atoms with van der Waals surface area (Å²) in [6.07, 6.45) is 6.04. The Labute approximate surface area is 82.5 Å². The standard InChI is InChI=1S/C11H10OS/c1-2-3-9-11(12)13-10-7-5-4-6-8-10/h1,4-8H,3,9H2. The molecule has 0 saturated carbocycles. The maximum Gasteiger partial charge on any atom is 0.194 e. The molecule has 0 N–H and O–H groups in total. The van der Waals surface area contributed by atoms with Crippen LogP contribution in [-0.4, -0.2) is 5.12 Å². The van der Waals surface area contributed by atoms with Crippen molar-refractivity contribution in [3.8, 4) is 12.3 Å². The third kappa shape index (κ3) is 3.82. The van der Waals surface area contributed by atoms with Gasteiger partial charge in [0, 0.05) is 17.7 Å². The van der Waals surface area contributed by atoms with Gasteiger partial charge in [-0.1, -0.05) is 30.0 Å². The second-order valence-electron chi connectivity index (χ2n) is 2.49. The van der Waals surface area contributed by atoms with Crippen LogP contribution >= 0.6 is 11.8 Å². The van der Waals surface area contributed by atoms with Gasteiger partial charge in [-0.2, -0.15) is 0 Å².